The third-order valence-corrected chi connectivity index (χ3v) is 2.39. The molecule has 12 heavy (non-hydrogen) atoms. The highest BCUT2D eigenvalue weighted by molar-refractivity contribution is 7.99. The summed E-state index contributed by atoms with van der Waals surface area (Å²) in [5, 5.41) is 0.458. The topological polar surface area (TPSA) is 17.1 Å². The third kappa shape index (κ3) is 2.70. The van der Waals surface area contributed by atoms with Crippen molar-refractivity contribution < 1.29 is 0 Å². The Balaban J connectivity index is 3.01. The van der Waals surface area contributed by atoms with Crippen LogP contribution in [-0.4, -0.2) is 5.25 Å². The maximum atomic E-state index is 11.3. The van der Waals surface area contributed by atoms with Crippen LogP contribution in [0.1, 0.15) is 13.8 Å². The number of thioether (sulfide) groups is 1. The van der Waals surface area contributed by atoms with Gasteiger partial charge in [0, 0.05) is 5.25 Å². The molecule has 1 aromatic rings. The van der Waals surface area contributed by atoms with Crippen molar-refractivity contribution in [1.29, 1.82) is 0 Å². The van der Waals surface area contributed by atoms with Crippen molar-refractivity contribution in [2.45, 2.75) is 24.0 Å². The van der Waals surface area contributed by atoms with Crippen molar-refractivity contribution >= 4 is 11.8 Å². The Morgan fingerprint density at radius 2 is 1.83 bits per heavy atom. The van der Waals surface area contributed by atoms with Gasteiger partial charge in [-0.05, 0) is 12.1 Å². The average molecular weight is 180 g/mol. The lowest BCUT2D eigenvalue weighted by Gasteiger charge is -1.99. The maximum absolute atomic E-state index is 11.3. The summed E-state index contributed by atoms with van der Waals surface area (Å²) in [5.41, 5.74) is 0.110. The van der Waals surface area contributed by atoms with Crippen LogP contribution in [0, 0.1) is 0 Å². The van der Waals surface area contributed by atoms with Gasteiger partial charge in [0.1, 0.15) is 0 Å². The molecular formula is C10H12OS. The van der Waals surface area contributed by atoms with Crippen molar-refractivity contribution in [3.05, 3.63) is 40.6 Å². The van der Waals surface area contributed by atoms with Gasteiger partial charge in [0.05, 0.1) is 4.90 Å². The van der Waals surface area contributed by atoms with Crippen LogP contribution in [0.25, 0.3) is 0 Å². The fourth-order valence-electron chi connectivity index (χ4n) is 0.866. The molecule has 64 valence electrons. The molecule has 0 bridgehead atoms. The quantitative estimate of drug-likeness (QED) is 0.651. The SMILES string of the molecule is CC(C)Sc1cccccc1=O. The van der Waals surface area contributed by atoms with E-state index in [1.807, 2.05) is 18.2 Å². The van der Waals surface area contributed by atoms with E-state index in [-0.39, 0.29) is 5.43 Å². The Bertz CT molecular complexity index is 307. The molecule has 0 aliphatic carbocycles. The lowest BCUT2D eigenvalue weighted by Crippen LogP contribution is -1.99. The van der Waals surface area contributed by atoms with Crippen LogP contribution in [0.4, 0.5) is 0 Å². The van der Waals surface area contributed by atoms with Crippen LogP contribution in [0.3, 0.4) is 0 Å². The fraction of sp³-hybridized carbons (Fsp3) is 0.300. The van der Waals surface area contributed by atoms with Gasteiger partial charge in [0.15, 0.2) is 5.43 Å². The molecule has 0 spiro atoms. The van der Waals surface area contributed by atoms with Gasteiger partial charge in [-0.2, -0.15) is 0 Å². The number of hydrogen-bond acceptors (Lipinski definition) is 2. The molecule has 0 unspecified atom stereocenters. The first-order chi connectivity index (χ1) is 5.70. The predicted octanol–water partition coefficient (Wildman–Crippen LogP) is 2.55. The molecule has 0 N–H and O–H groups in total. The van der Waals surface area contributed by atoms with Crippen LogP contribution in [0.5, 0.6) is 0 Å². The van der Waals surface area contributed by atoms with E-state index >= 15 is 0 Å². The highest BCUT2D eigenvalue weighted by Crippen LogP contribution is 2.17. The molecule has 2 heteroatoms. The second-order valence-electron chi connectivity index (χ2n) is 2.81. The molecule has 0 amide bonds. The summed E-state index contributed by atoms with van der Waals surface area (Å²) < 4.78 is 0. The van der Waals surface area contributed by atoms with Gasteiger partial charge in [-0.3, -0.25) is 4.79 Å². The lowest BCUT2D eigenvalue weighted by molar-refractivity contribution is 1.11. The predicted molar refractivity (Wildman–Crippen MR) is 53.7 cm³/mol. The van der Waals surface area contributed by atoms with E-state index in [2.05, 4.69) is 13.8 Å². The zero-order valence-electron chi connectivity index (χ0n) is 7.28. The molecule has 1 rings (SSSR count). The number of hydrogen-bond donors (Lipinski definition) is 0. The van der Waals surface area contributed by atoms with E-state index in [1.165, 1.54) is 0 Å². The lowest BCUT2D eigenvalue weighted by atomic mass is 10.5. The Hall–Kier alpha value is -0.760. The van der Waals surface area contributed by atoms with E-state index < -0.39 is 0 Å². The molecule has 0 aromatic heterocycles. The Kier molecular flexibility index (Phi) is 3.35. The summed E-state index contributed by atoms with van der Waals surface area (Å²) in [7, 11) is 0. The van der Waals surface area contributed by atoms with E-state index in [0.717, 1.165) is 4.90 Å². The summed E-state index contributed by atoms with van der Waals surface area (Å²) in [4.78, 5) is 12.2. The van der Waals surface area contributed by atoms with Crippen LogP contribution in [-0.2, 0) is 0 Å². The highest BCUT2D eigenvalue weighted by atomic mass is 32.2. The Labute approximate surface area is 76.8 Å². The molecular weight excluding hydrogens is 168 g/mol. The molecule has 0 aliphatic heterocycles. The van der Waals surface area contributed by atoms with Crippen molar-refractivity contribution in [2.75, 3.05) is 0 Å². The first kappa shape index (κ1) is 9.33. The average Bonchev–Trinajstić information content (AvgIpc) is 2.16. The van der Waals surface area contributed by atoms with Crippen molar-refractivity contribution in [3.8, 4) is 0 Å². The van der Waals surface area contributed by atoms with Crippen molar-refractivity contribution in [2.24, 2.45) is 0 Å². The zero-order valence-corrected chi connectivity index (χ0v) is 8.10. The van der Waals surface area contributed by atoms with Crippen molar-refractivity contribution in [1.82, 2.24) is 0 Å². The van der Waals surface area contributed by atoms with E-state index in [4.69, 9.17) is 0 Å². The van der Waals surface area contributed by atoms with Gasteiger partial charge < -0.3 is 0 Å². The van der Waals surface area contributed by atoms with Crippen LogP contribution in [0.2, 0.25) is 0 Å². The summed E-state index contributed by atoms with van der Waals surface area (Å²) in [6.45, 7) is 4.16. The molecule has 0 heterocycles. The third-order valence-electron chi connectivity index (χ3n) is 1.32. The van der Waals surface area contributed by atoms with Gasteiger partial charge in [-0.1, -0.05) is 32.0 Å². The molecule has 0 fully saturated rings. The van der Waals surface area contributed by atoms with Crippen LogP contribution in [0.15, 0.2) is 40.0 Å². The minimum atomic E-state index is 0.110. The van der Waals surface area contributed by atoms with Gasteiger partial charge in [0.25, 0.3) is 0 Å². The van der Waals surface area contributed by atoms with Gasteiger partial charge >= 0.3 is 0 Å². The first-order valence-electron chi connectivity index (χ1n) is 3.96. The van der Waals surface area contributed by atoms with Gasteiger partial charge in [-0.15, -0.1) is 11.8 Å². The van der Waals surface area contributed by atoms with E-state index in [9.17, 15) is 4.79 Å². The monoisotopic (exact) mass is 180 g/mol. The van der Waals surface area contributed by atoms with Gasteiger partial charge in [-0.25, -0.2) is 0 Å². The summed E-state index contributed by atoms with van der Waals surface area (Å²) in [6.07, 6.45) is 0. The molecule has 0 atom stereocenters. The number of rotatable bonds is 2. The molecule has 0 aliphatic rings. The van der Waals surface area contributed by atoms with Crippen LogP contribution >= 0.6 is 11.8 Å². The van der Waals surface area contributed by atoms with Crippen molar-refractivity contribution in [3.63, 3.8) is 0 Å². The molecule has 1 nitrogen and oxygen atoms in total. The minimum absolute atomic E-state index is 0.110. The van der Waals surface area contributed by atoms with Gasteiger partial charge in [0.2, 0.25) is 0 Å². The zero-order chi connectivity index (χ0) is 8.97. The maximum Gasteiger partial charge on any atom is 0.192 e. The van der Waals surface area contributed by atoms with E-state index in [1.54, 1.807) is 23.9 Å². The van der Waals surface area contributed by atoms with Crippen LogP contribution < -0.4 is 5.43 Å². The second-order valence-corrected chi connectivity index (χ2v) is 4.42. The minimum Gasteiger partial charge on any atom is -0.289 e. The smallest absolute Gasteiger partial charge is 0.192 e. The highest BCUT2D eigenvalue weighted by Gasteiger charge is 1.99. The summed E-state index contributed by atoms with van der Waals surface area (Å²) >= 11 is 1.61. The normalized spacial score (nSPS) is 10.2. The second kappa shape index (κ2) is 4.31. The van der Waals surface area contributed by atoms with E-state index in [0.29, 0.717) is 5.25 Å². The first-order valence-corrected chi connectivity index (χ1v) is 4.84. The largest absolute Gasteiger partial charge is 0.289 e. The molecule has 0 radical (unpaired) electrons. The fourth-order valence-corrected chi connectivity index (χ4v) is 1.71. The summed E-state index contributed by atoms with van der Waals surface area (Å²) in [5.74, 6) is 0. The summed E-state index contributed by atoms with van der Waals surface area (Å²) in [6, 6.07) is 9.00. The molecule has 0 saturated carbocycles. The Morgan fingerprint density at radius 1 is 1.17 bits per heavy atom. The molecule has 1 aromatic carbocycles. The Morgan fingerprint density at radius 3 is 2.50 bits per heavy atom. The standard InChI is InChI=1S/C10H12OS/c1-8(2)12-10-7-5-3-4-6-9(10)11/h3-8H,1-2H3. The molecule has 0 saturated heterocycles.